The zero-order valence-electron chi connectivity index (χ0n) is 18.3. The molecule has 34 heavy (non-hydrogen) atoms. The van der Waals surface area contributed by atoms with Crippen LogP contribution in [0.4, 0.5) is 11.4 Å². The quantitative estimate of drug-likeness (QED) is 0.322. The van der Waals surface area contributed by atoms with Crippen molar-refractivity contribution in [2.45, 2.75) is 6.54 Å². The van der Waals surface area contributed by atoms with Gasteiger partial charge in [-0.25, -0.2) is 0 Å². The van der Waals surface area contributed by atoms with Crippen molar-refractivity contribution in [3.05, 3.63) is 103 Å². The molecule has 9 heteroatoms. The lowest BCUT2D eigenvalue weighted by molar-refractivity contribution is -0.385. The van der Waals surface area contributed by atoms with E-state index in [0.29, 0.717) is 47.6 Å². The molecule has 8 nitrogen and oxygen atoms in total. The highest BCUT2D eigenvalue weighted by Crippen LogP contribution is 2.34. The van der Waals surface area contributed by atoms with Crippen molar-refractivity contribution in [1.29, 1.82) is 0 Å². The first kappa shape index (κ1) is 21.8. The summed E-state index contributed by atoms with van der Waals surface area (Å²) in [5, 5.41) is 14.7. The van der Waals surface area contributed by atoms with Gasteiger partial charge in [0.15, 0.2) is 0 Å². The maximum absolute atomic E-state index is 13.5. The van der Waals surface area contributed by atoms with E-state index < -0.39 is 16.2 Å². The maximum atomic E-state index is 13.5. The van der Waals surface area contributed by atoms with E-state index in [9.17, 15) is 19.7 Å². The predicted molar refractivity (Wildman–Crippen MR) is 133 cm³/mol. The molecule has 1 amide bonds. The number of fused-ring (bicyclic) bond motifs is 1. The van der Waals surface area contributed by atoms with Crippen LogP contribution >= 0.6 is 11.3 Å². The van der Waals surface area contributed by atoms with E-state index in [0.717, 1.165) is 5.56 Å². The average Bonchev–Trinajstić information content (AvgIpc) is 3.40. The number of benzene rings is 2. The Morgan fingerprint density at radius 1 is 0.941 bits per heavy atom. The van der Waals surface area contributed by atoms with Crippen LogP contribution in [0, 0.1) is 10.1 Å². The normalized spacial score (nSPS) is 13.9. The lowest BCUT2D eigenvalue weighted by Crippen LogP contribution is -2.49. The number of piperazine rings is 1. The summed E-state index contributed by atoms with van der Waals surface area (Å²) in [6.07, 6.45) is 0. The van der Waals surface area contributed by atoms with Crippen LogP contribution in [0.3, 0.4) is 0 Å². The second-order valence-corrected chi connectivity index (χ2v) is 9.05. The molecular formula is C25H22N4O4S. The van der Waals surface area contributed by atoms with Crippen LogP contribution < -0.4 is 10.5 Å². The SMILES string of the molecule is O=C(c1cccs1)N1CCN(c2c([N+](=O)[O-])c(=O)n(Cc3ccccc3)c3ccccc23)CC1. The highest BCUT2D eigenvalue weighted by Gasteiger charge is 2.32. The standard InChI is InChI=1S/C25H22N4O4S/c30-24(21-11-6-16-34-21)27-14-12-26(13-15-27)22-19-9-4-5-10-20(19)28(25(31)23(22)29(32)33)17-18-7-2-1-3-8-18/h1-11,16H,12-15,17H2. The molecule has 0 aliphatic carbocycles. The molecule has 0 radical (unpaired) electrons. The highest BCUT2D eigenvalue weighted by molar-refractivity contribution is 7.12. The van der Waals surface area contributed by atoms with Gasteiger partial charge in [-0.2, -0.15) is 0 Å². The van der Waals surface area contributed by atoms with Crippen molar-refractivity contribution in [2.24, 2.45) is 0 Å². The largest absolute Gasteiger partial charge is 0.362 e. The fraction of sp³-hybridized carbons (Fsp3) is 0.200. The van der Waals surface area contributed by atoms with Crippen LogP contribution in [0.5, 0.6) is 0 Å². The Morgan fingerprint density at radius 2 is 1.65 bits per heavy atom. The van der Waals surface area contributed by atoms with E-state index in [1.54, 1.807) is 11.0 Å². The summed E-state index contributed by atoms with van der Waals surface area (Å²) >= 11 is 1.40. The van der Waals surface area contributed by atoms with Gasteiger partial charge < -0.3 is 9.80 Å². The summed E-state index contributed by atoms with van der Waals surface area (Å²) in [5.41, 5.74) is 0.817. The second-order valence-electron chi connectivity index (χ2n) is 8.10. The van der Waals surface area contributed by atoms with Crippen molar-refractivity contribution in [3.63, 3.8) is 0 Å². The first-order chi connectivity index (χ1) is 16.5. The van der Waals surface area contributed by atoms with Gasteiger partial charge in [-0.05, 0) is 23.1 Å². The minimum Gasteiger partial charge on any atom is -0.362 e. The third-order valence-electron chi connectivity index (χ3n) is 6.10. The smallest absolute Gasteiger partial charge is 0.357 e. The third-order valence-corrected chi connectivity index (χ3v) is 6.96. The number of anilines is 1. The molecule has 0 bridgehead atoms. The molecular weight excluding hydrogens is 452 g/mol. The molecule has 3 heterocycles. The van der Waals surface area contributed by atoms with Gasteiger partial charge in [-0.3, -0.25) is 24.3 Å². The summed E-state index contributed by atoms with van der Waals surface area (Å²) in [7, 11) is 0. The number of hydrogen-bond donors (Lipinski definition) is 0. The summed E-state index contributed by atoms with van der Waals surface area (Å²) in [6, 6.07) is 20.4. The van der Waals surface area contributed by atoms with Crippen LogP contribution in [0.1, 0.15) is 15.2 Å². The number of pyridine rings is 1. The molecule has 0 saturated carbocycles. The number of rotatable bonds is 5. The first-order valence-electron chi connectivity index (χ1n) is 11.0. The van der Waals surface area contributed by atoms with E-state index in [-0.39, 0.29) is 12.5 Å². The van der Waals surface area contributed by atoms with Gasteiger partial charge in [0.05, 0.1) is 21.9 Å². The minimum absolute atomic E-state index is 0.0349. The zero-order valence-corrected chi connectivity index (χ0v) is 19.1. The fourth-order valence-electron chi connectivity index (χ4n) is 4.47. The van der Waals surface area contributed by atoms with E-state index in [1.807, 2.05) is 70.9 Å². The molecule has 1 fully saturated rings. The van der Waals surface area contributed by atoms with Gasteiger partial charge in [0, 0.05) is 31.6 Å². The van der Waals surface area contributed by atoms with E-state index >= 15 is 0 Å². The topological polar surface area (TPSA) is 88.7 Å². The molecule has 172 valence electrons. The molecule has 0 unspecified atom stereocenters. The Kier molecular flexibility index (Phi) is 5.85. The number of thiophene rings is 1. The molecule has 4 aromatic rings. The first-order valence-corrected chi connectivity index (χ1v) is 11.8. The summed E-state index contributed by atoms with van der Waals surface area (Å²) in [6.45, 7) is 1.91. The van der Waals surface area contributed by atoms with Crippen LogP contribution in [-0.2, 0) is 6.54 Å². The van der Waals surface area contributed by atoms with Crippen molar-refractivity contribution in [3.8, 4) is 0 Å². The zero-order chi connectivity index (χ0) is 23.7. The number of aromatic nitrogens is 1. The Morgan fingerprint density at radius 3 is 2.32 bits per heavy atom. The summed E-state index contributed by atoms with van der Waals surface area (Å²) in [4.78, 5) is 42.1. The number of amides is 1. The Labute approximate surface area is 199 Å². The van der Waals surface area contributed by atoms with E-state index in [1.165, 1.54) is 15.9 Å². The molecule has 0 atom stereocenters. The van der Waals surface area contributed by atoms with Gasteiger partial charge in [-0.1, -0.05) is 54.6 Å². The molecule has 2 aromatic carbocycles. The summed E-state index contributed by atoms with van der Waals surface area (Å²) in [5.74, 6) is -0.0349. The van der Waals surface area contributed by atoms with Crippen molar-refractivity contribution >= 4 is 39.5 Å². The average molecular weight is 475 g/mol. The molecule has 1 aliphatic heterocycles. The van der Waals surface area contributed by atoms with Crippen LogP contribution in [0.25, 0.3) is 10.9 Å². The highest BCUT2D eigenvalue weighted by atomic mass is 32.1. The van der Waals surface area contributed by atoms with Gasteiger partial charge in [0.25, 0.3) is 5.91 Å². The molecule has 5 rings (SSSR count). The Balaban J connectivity index is 1.55. The van der Waals surface area contributed by atoms with Gasteiger partial charge in [0.1, 0.15) is 5.69 Å². The maximum Gasteiger partial charge on any atom is 0.357 e. The van der Waals surface area contributed by atoms with Crippen LogP contribution in [0.2, 0.25) is 0 Å². The predicted octanol–water partition coefficient (Wildman–Crippen LogP) is 3.98. The molecule has 0 N–H and O–H groups in total. The van der Waals surface area contributed by atoms with Crippen LogP contribution in [-0.4, -0.2) is 46.5 Å². The van der Waals surface area contributed by atoms with Crippen molar-refractivity contribution < 1.29 is 9.72 Å². The fourth-order valence-corrected chi connectivity index (χ4v) is 5.16. The van der Waals surface area contributed by atoms with Gasteiger partial charge in [-0.15, -0.1) is 11.3 Å². The number of hydrogen-bond acceptors (Lipinski definition) is 6. The second kappa shape index (κ2) is 9.11. The molecule has 2 aromatic heterocycles. The monoisotopic (exact) mass is 474 g/mol. The lowest BCUT2D eigenvalue weighted by Gasteiger charge is -2.36. The number of nitro groups is 1. The van der Waals surface area contributed by atoms with Crippen LogP contribution in [0.15, 0.2) is 76.9 Å². The number of para-hydroxylation sites is 1. The Hall–Kier alpha value is -3.98. The lowest BCUT2D eigenvalue weighted by atomic mass is 10.1. The third kappa shape index (κ3) is 3.94. The summed E-state index contributed by atoms with van der Waals surface area (Å²) < 4.78 is 1.48. The molecule has 1 aliphatic rings. The minimum atomic E-state index is -0.625. The van der Waals surface area contributed by atoms with E-state index in [4.69, 9.17) is 0 Å². The van der Waals surface area contributed by atoms with Crippen molar-refractivity contribution in [1.82, 2.24) is 9.47 Å². The van der Waals surface area contributed by atoms with Gasteiger partial charge >= 0.3 is 11.2 Å². The number of carbonyl (C=O) groups is 1. The number of nitrogens with zero attached hydrogens (tertiary/aromatic N) is 4. The van der Waals surface area contributed by atoms with E-state index in [2.05, 4.69) is 0 Å². The number of carbonyl (C=O) groups excluding carboxylic acids is 1. The van der Waals surface area contributed by atoms with Crippen molar-refractivity contribution in [2.75, 3.05) is 31.1 Å². The Bertz CT molecular complexity index is 1410. The molecule has 1 saturated heterocycles. The van der Waals surface area contributed by atoms with Gasteiger partial charge in [0.2, 0.25) is 0 Å². The molecule has 0 spiro atoms.